The molecule has 1 amide bonds. The van der Waals surface area contributed by atoms with Gasteiger partial charge < -0.3 is 25.4 Å². The molecule has 4 N–H and O–H groups in total. The average molecular weight is 297 g/mol. The van der Waals surface area contributed by atoms with Crippen LogP contribution in [-0.4, -0.2) is 39.7 Å². The van der Waals surface area contributed by atoms with E-state index in [1.54, 1.807) is 45.0 Å². The number of benzene rings is 1. The van der Waals surface area contributed by atoms with E-state index in [0.29, 0.717) is 11.1 Å². The quantitative estimate of drug-likeness (QED) is 0.652. The summed E-state index contributed by atoms with van der Waals surface area (Å²) in [7, 11) is 0. The van der Waals surface area contributed by atoms with Crippen LogP contribution in [0.15, 0.2) is 24.3 Å². The van der Waals surface area contributed by atoms with Crippen molar-refractivity contribution < 1.29 is 24.9 Å². The molecular weight excluding hydrogens is 274 g/mol. The van der Waals surface area contributed by atoms with Gasteiger partial charge in [-0.25, -0.2) is 4.79 Å². The van der Waals surface area contributed by atoms with Gasteiger partial charge in [0.15, 0.2) is 0 Å². The fourth-order valence-corrected chi connectivity index (χ4v) is 1.66. The minimum Gasteiger partial charge on any atom is -0.444 e. The number of rotatable bonds is 5. The third-order valence-electron chi connectivity index (χ3n) is 2.72. The maximum absolute atomic E-state index is 11.5. The van der Waals surface area contributed by atoms with E-state index in [1.165, 1.54) is 0 Å². The predicted molar refractivity (Wildman–Crippen MR) is 77.6 cm³/mol. The van der Waals surface area contributed by atoms with Crippen LogP contribution in [0.2, 0.25) is 0 Å². The molecule has 0 aromatic heterocycles. The Morgan fingerprint density at radius 2 is 1.81 bits per heavy atom. The maximum Gasteiger partial charge on any atom is 0.407 e. The summed E-state index contributed by atoms with van der Waals surface area (Å²) in [5.41, 5.74) is 0.603. The standard InChI is InChI=1S/C15H23NO5/c1-15(2,3)21-14(20)16-8-12(18)13(19)11-6-4-10(9-17)5-7-11/h4-7,12-13,17-19H,8-9H2,1-3H3,(H,16,20). The van der Waals surface area contributed by atoms with Crippen molar-refractivity contribution in [3.8, 4) is 0 Å². The zero-order valence-electron chi connectivity index (χ0n) is 12.5. The number of aliphatic hydroxyl groups excluding tert-OH is 3. The number of alkyl carbamates (subject to hydrolysis) is 1. The molecule has 0 heterocycles. The fraction of sp³-hybridized carbons (Fsp3) is 0.533. The topological polar surface area (TPSA) is 99.0 Å². The Morgan fingerprint density at radius 3 is 2.29 bits per heavy atom. The van der Waals surface area contributed by atoms with E-state index < -0.39 is 23.9 Å². The molecule has 2 atom stereocenters. The molecule has 0 radical (unpaired) electrons. The van der Waals surface area contributed by atoms with Crippen molar-refractivity contribution in [3.05, 3.63) is 35.4 Å². The third-order valence-corrected chi connectivity index (χ3v) is 2.72. The fourth-order valence-electron chi connectivity index (χ4n) is 1.66. The van der Waals surface area contributed by atoms with Crippen LogP contribution in [0, 0.1) is 0 Å². The summed E-state index contributed by atoms with van der Waals surface area (Å²) in [4.78, 5) is 11.5. The van der Waals surface area contributed by atoms with Crippen molar-refractivity contribution in [1.29, 1.82) is 0 Å². The first-order valence-electron chi connectivity index (χ1n) is 6.75. The lowest BCUT2D eigenvalue weighted by atomic mass is 10.0. The SMILES string of the molecule is CC(C)(C)OC(=O)NCC(O)C(O)c1ccc(CO)cc1. The monoisotopic (exact) mass is 297 g/mol. The molecule has 6 heteroatoms. The molecule has 1 aromatic carbocycles. The summed E-state index contributed by atoms with van der Waals surface area (Å²) in [6.07, 6.45) is -2.94. The normalized spacial score (nSPS) is 14.4. The van der Waals surface area contributed by atoms with E-state index >= 15 is 0 Å². The van der Waals surface area contributed by atoms with E-state index in [4.69, 9.17) is 9.84 Å². The van der Waals surface area contributed by atoms with Crippen molar-refractivity contribution in [2.75, 3.05) is 6.54 Å². The zero-order chi connectivity index (χ0) is 16.0. The van der Waals surface area contributed by atoms with Gasteiger partial charge in [0.2, 0.25) is 0 Å². The van der Waals surface area contributed by atoms with Crippen LogP contribution >= 0.6 is 0 Å². The Kier molecular flexibility index (Phi) is 6.14. The number of carbonyl (C=O) groups excluding carboxylic acids is 1. The lowest BCUT2D eigenvalue weighted by Crippen LogP contribution is -2.38. The Bertz CT molecular complexity index is 452. The molecule has 2 unspecified atom stereocenters. The number of nitrogens with one attached hydrogen (secondary N) is 1. The summed E-state index contributed by atoms with van der Waals surface area (Å²) in [5, 5.41) is 31.2. The summed E-state index contributed by atoms with van der Waals surface area (Å²) in [5.74, 6) is 0. The van der Waals surface area contributed by atoms with Gasteiger partial charge in [-0.05, 0) is 31.9 Å². The molecule has 6 nitrogen and oxygen atoms in total. The molecule has 0 aliphatic heterocycles. The van der Waals surface area contributed by atoms with Crippen LogP contribution in [0.3, 0.4) is 0 Å². The largest absolute Gasteiger partial charge is 0.444 e. The summed E-state index contributed by atoms with van der Waals surface area (Å²) < 4.78 is 5.03. The minimum atomic E-state index is -1.16. The van der Waals surface area contributed by atoms with Crippen LogP contribution in [0.25, 0.3) is 0 Å². The van der Waals surface area contributed by atoms with Gasteiger partial charge >= 0.3 is 6.09 Å². The number of aliphatic hydroxyl groups is 3. The highest BCUT2D eigenvalue weighted by atomic mass is 16.6. The van der Waals surface area contributed by atoms with Gasteiger partial charge in [-0.15, -0.1) is 0 Å². The van der Waals surface area contributed by atoms with Crippen molar-refractivity contribution in [2.45, 2.75) is 45.2 Å². The molecule has 21 heavy (non-hydrogen) atoms. The molecule has 0 fully saturated rings. The molecule has 1 rings (SSSR count). The lowest BCUT2D eigenvalue weighted by molar-refractivity contribution is 0.0129. The lowest BCUT2D eigenvalue weighted by Gasteiger charge is -2.22. The summed E-state index contributed by atoms with van der Waals surface area (Å²) in [6, 6.07) is 6.55. The van der Waals surface area contributed by atoms with Crippen LogP contribution in [0.1, 0.15) is 38.0 Å². The number of hydrogen-bond acceptors (Lipinski definition) is 5. The Morgan fingerprint density at radius 1 is 1.24 bits per heavy atom. The van der Waals surface area contributed by atoms with E-state index in [1.807, 2.05) is 0 Å². The molecule has 0 bridgehead atoms. The first kappa shape index (κ1) is 17.4. The van der Waals surface area contributed by atoms with Gasteiger partial charge in [0, 0.05) is 6.54 Å². The van der Waals surface area contributed by atoms with Crippen molar-refractivity contribution in [2.24, 2.45) is 0 Å². The first-order valence-corrected chi connectivity index (χ1v) is 6.75. The van der Waals surface area contributed by atoms with Crippen molar-refractivity contribution in [1.82, 2.24) is 5.32 Å². The molecule has 1 aromatic rings. The Balaban J connectivity index is 2.50. The molecule has 0 aliphatic carbocycles. The van der Waals surface area contributed by atoms with Crippen molar-refractivity contribution >= 4 is 6.09 Å². The number of amides is 1. The number of carbonyl (C=O) groups is 1. The molecular formula is C15H23NO5. The van der Waals surface area contributed by atoms with E-state index in [2.05, 4.69) is 5.32 Å². The van der Waals surface area contributed by atoms with Gasteiger partial charge in [-0.1, -0.05) is 24.3 Å². The molecule has 0 spiro atoms. The highest BCUT2D eigenvalue weighted by molar-refractivity contribution is 5.67. The Hall–Kier alpha value is -1.63. The van der Waals surface area contributed by atoms with E-state index in [9.17, 15) is 15.0 Å². The van der Waals surface area contributed by atoms with Crippen molar-refractivity contribution in [3.63, 3.8) is 0 Å². The third kappa shape index (κ3) is 6.12. The van der Waals surface area contributed by atoms with Crippen LogP contribution in [0.4, 0.5) is 4.79 Å². The highest BCUT2D eigenvalue weighted by Crippen LogP contribution is 2.17. The summed E-state index contributed by atoms with van der Waals surface area (Å²) >= 11 is 0. The maximum atomic E-state index is 11.5. The zero-order valence-corrected chi connectivity index (χ0v) is 12.5. The van der Waals surface area contributed by atoms with Gasteiger partial charge in [0.05, 0.1) is 6.61 Å². The summed E-state index contributed by atoms with van der Waals surface area (Å²) in [6.45, 7) is 5.00. The van der Waals surface area contributed by atoms with Crippen LogP contribution in [0.5, 0.6) is 0 Å². The highest BCUT2D eigenvalue weighted by Gasteiger charge is 2.21. The van der Waals surface area contributed by atoms with Gasteiger partial charge in [0.1, 0.15) is 17.8 Å². The molecule has 0 saturated heterocycles. The van der Waals surface area contributed by atoms with Gasteiger partial charge in [0.25, 0.3) is 0 Å². The average Bonchev–Trinajstić information content (AvgIpc) is 2.42. The van der Waals surface area contributed by atoms with Crippen LogP contribution in [-0.2, 0) is 11.3 Å². The van der Waals surface area contributed by atoms with Gasteiger partial charge in [-0.3, -0.25) is 0 Å². The second kappa shape index (κ2) is 7.40. The Labute approximate surface area is 124 Å². The predicted octanol–water partition coefficient (Wildman–Crippen LogP) is 1.10. The molecule has 118 valence electrons. The van der Waals surface area contributed by atoms with Gasteiger partial charge in [-0.2, -0.15) is 0 Å². The number of ether oxygens (including phenoxy) is 1. The smallest absolute Gasteiger partial charge is 0.407 e. The second-order valence-electron chi connectivity index (χ2n) is 5.79. The van der Waals surface area contributed by atoms with Crippen LogP contribution < -0.4 is 5.32 Å². The van der Waals surface area contributed by atoms with E-state index in [-0.39, 0.29) is 13.2 Å². The second-order valence-corrected chi connectivity index (χ2v) is 5.79. The number of hydrogen-bond donors (Lipinski definition) is 4. The molecule has 0 saturated carbocycles. The minimum absolute atomic E-state index is 0.0842. The molecule has 0 aliphatic rings. The van der Waals surface area contributed by atoms with E-state index in [0.717, 1.165) is 0 Å². The first-order chi connectivity index (χ1) is 9.73.